The number of aliphatic imine (C=N–C) groups is 1. The fourth-order valence-corrected chi connectivity index (χ4v) is 2.74. The van der Waals surface area contributed by atoms with E-state index in [1.54, 1.807) is 23.0 Å². The molecule has 0 radical (unpaired) electrons. The molecule has 1 heterocycles. The molecule has 0 fully saturated rings. The van der Waals surface area contributed by atoms with Crippen LogP contribution < -0.4 is 15.8 Å². The van der Waals surface area contributed by atoms with Gasteiger partial charge in [0.2, 0.25) is 10.0 Å². The Morgan fingerprint density at radius 2 is 1.96 bits per heavy atom. The molecule has 9 heteroatoms. The van der Waals surface area contributed by atoms with Crippen LogP contribution in [0.3, 0.4) is 0 Å². The smallest absolute Gasteiger partial charge is 0.238 e. The van der Waals surface area contributed by atoms with Crippen molar-refractivity contribution in [3.8, 4) is 0 Å². The average Bonchev–Trinajstić information content (AvgIpc) is 2.97. The summed E-state index contributed by atoms with van der Waals surface area (Å²) in [5.74, 6) is 0.727. The second kappa shape index (κ2) is 8.63. The van der Waals surface area contributed by atoms with Gasteiger partial charge in [-0.3, -0.25) is 4.68 Å². The number of hydrogen-bond donors (Lipinski definition) is 3. The summed E-state index contributed by atoms with van der Waals surface area (Å²) in [4.78, 5) is 4.65. The largest absolute Gasteiger partial charge is 0.357 e. The van der Waals surface area contributed by atoms with Crippen molar-refractivity contribution >= 4 is 16.0 Å². The summed E-state index contributed by atoms with van der Waals surface area (Å²) in [6.07, 6.45) is 2.48. The molecule has 4 N–H and O–H groups in total. The Bertz CT molecular complexity index is 811. The number of benzene rings is 1. The lowest BCUT2D eigenvalue weighted by Gasteiger charge is -2.11. The zero-order chi connectivity index (χ0) is 18.3. The van der Waals surface area contributed by atoms with Gasteiger partial charge >= 0.3 is 0 Å². The summed E-state index contributed by atoms with van der Waals surface area (Å²) >= 11 is 0. The molecular formula is C16H24N6O2S. The summed E-state index contributed by atoms with van der Waals surface area (Å²) in [6, 6.07) is 8.50. The second-order valence-electron chi connectivity index (χ2n) is 5.51. The van der Waals surface area contributed by atoms with Crippen LogP contribution in [0.4, 0.5) is 0 Å². The third-order valence-electron chi connectivity index (χ3n) is 3.62. The maximum absolute atomic E-state index is 11.2. The minimum absolute atomic E-state index is 0.121. The maximum atomic E-state index is 11.2. The lowest BCUT2D eigenvalue weighted by Crippen LogP contribution is -2.38. The quantitative estimate of drug-likeness (QED) is 0.485. The fraction of sp³-hybridized carbons (Fsp3) is 0.375. The summed E-state index contributed by atoms with van der Waals surface area (Å²) in [5, 5.41) is 15.7. The molecule has 1 aromatic heterocycles. The molecule has 25 heavy (non-hydrogen) atoms. The van der Waals surface area contributed by atoms with Crippen LogP contribution in [-0.4, -0.2) is 37.2 Å². The number of rotatable bonds is 7. The van der Waals surface area contributed by atoms with E-state index in [9.17, 15) is 8.42 Å². The van der Waals surface area contributed by atoms with Gasteiger partial charge in [0.05, 0.1) is 17.1 Å². The predicted octanol–water partition coefficient (Wildman–Crippen LogP) is 0.365. The maximum Gasteiger partial charge on any atom is 0.238 e. The highest BCUT2D eigenvalue weighted by Crippen LogP contribution is 2.08. The number of hydrogen-bond acceptors (Lipinski definition) is 4. The minimum Gasteiger partial charge on any atom is -0.357 e. The summed E-state index contributed by atoms with van der Waals surface area (Å²) in [5.41, 5.74) is 2.04. The number of aryl methyl sites for hydroxylation is 1. The predicted molar refractivity (Wildman–Crippen MR) is 97.5 cm³/mol. The topological polar surface area (TPSA) is 114 Å². The van der Waals surface area contributed by atoms with Gasteiger partial charge in [0.15, 0.2) is 5.96 Å². The molecule has 0 saturated heterocycles. The van der Waals surface area contributed by atoms with E-state index in [1.165, 1.54) is 12.1 Å². The molecule has 136 valence electrons. The Balaban J connectivity index is 1.89. The molecule has 2 rings (SSSR count). The number of sulfonamides is 1. The normalized spacial score (nSPS) is 12.2. The number of nitrogens with two attached hydrogens (primary N) is 1. The van der Waals surface area contributed by atoms with Gasteiger partial charge in [-0.2, -0.15) is 5.10 Å². The van der Waals surface area contributed by atoms with Crippen molar-refractivity contribution < 1.29 is 8.42 Å². The average molecular weight is 364 g/mol. The molecule has 0 spiro atoms. The van der Waals surface area contributed by atoms with Crippen molar-refractivity contribution in [1.29, 1.82) is 0 Å². The Morgan fingerprint density at radius 1 is 1.24 bits per heavy atom. The van der Waals surface area contributed by atoms with Gasteiger partial charge in [-0.15, -0.1) is 0 Å². The Hall–Kier alpha value is -2.39. The number of guanidine groups is 1. The summed E-state index contributed by atoms with van der Waals surface area (Å²) < 4.78 is 24.3. The number of aromatic nitrogens is 2. The van der Waals surface area contributed by atoms with Gasteiger partial charge in [0, 0.05) is 26.3 Å². The number of nitrogens with one attached hydrogen (secondary N) is 2. The van der Waals surface area contributed by atoms with E-state index in [-0.39, 0.29) is 4.90 Å². The second-order valence-corrected chi connectivity index (χ2v) is 7.07. The van der Waals surface area contributed by atoms with Crippen molar-refractivity contribution in [2.75, 3.05) is 13.1 Å². The van der Waals surface area contributed by atoms with E-state index in [0.717, 1.165) is 30.2 Å². The fourth-order valence-electron chi connectivity index (χ4n) is 2.23. The zero-order valence-corrected chi connectivity index (χ0v) is 15.3. The molecule has 0 amide bonds. The van der Waals surface area contributed by atoms with Crippen molar-refractivity contribution in [2.45, 2.75) is 24.8 Å². The van der Waals surface area contributed by atoms with E-state index in [4.69, 9.17) is 5.14 Å². The molecule has 2 aromatic rings. The minimum atomic E-state index is -3.65. The molecule has 0 bridgehead atoms. The zero-order valence-electron chi connectivity index (χ0n) is 14.4. The number of nitrogens with zero attached hydrogens (tertiary/aromatic N) is 3. The van der Waals surface area contributed by atoms with E-state index in [1.807, 2.05) is 20.0 Å². The van der Waals surface area contributed by atoms with Crippen molar-refractivity contribution in [2.24, 2.45) is 17.2 Å². The van der Waals surface area contributed by atoms with E-state index in [2.05, 4.69) is 20.7 Å². The van der Waals surface area contributed by atoms with Crippen LogP contribution in [-0.2, 0) is 30.0 Å². The molecule has 0 aliphatic heterocycles. The van der Waals surface area contributed by atoms with E-state index < -0.39 is 10.0 Å². The van der Waals surface area contributed by atoms with Gasteiger partial charge in [-0.25, -0.2) is 18.5 Å². The first-order chi connectivity index (χ1) is 11.9. The Labute approximate surface area is 148 Å². The summed E-state index contributed by atoms with van der Waals surface area (Å²) in [7, 11) is -1.76. The molecule has 0 aliphatic rings. The van der Waals surface area contributed by atoms with Crippen LogP contribution in [0.25, 0.3) is 0 Å². The van der Waals surface area contributed by atoms with E-state index >= 15 is 0 Å². The molecule has 1 aromatic carbocycles. The molecular weight excluding hydrogens is 340 g/mol. The van der Waals surface area contributed by atoms with Crippen molar-refractivity contribution in [3.05, 3.63) is 47.8 Å². The van der Waals surface area contributed by atoms with Gasteiger partial charge < -0.3 is 10.6 Å². The van der Waals surface area contributed by atoms with Gasteiger partial charge in [0.25, 0.3) is 0 Å². The highest BCUT2D eigenvalue weighted by atomic mass is 32.2. The van der Waals surface area contributed by atoms with Gasteiger partial charge in [-0.05, 0) is 37.1 Å². The van der Waals surface area contributed by atoms with Gasteiger partial charge in [0.1, 0.15) is 0 Å². The van der Waals surface area contributed by atoms with Crippen LogP contribution in [0.2, 0.25) is 0 Å². The Morgan fingerprint density at radius 3 is 2.52 bits per heavy atom. The molecule has 0 saturated carbocycles. The van der Waals surface area contributed by atoms with Crippen LogP contribution in [0.1, 0.15) is 18.2 Å². The van der Waals surface area contributed by atoms with Crippen LogP contribution in [0.5, 0.6) is 0 Å². The lowest BCUT2D eigenvalue weighted by atomic mass is 10.1. The monoisotopic (exact) mass is 364 g/mol. The highest BCUT2D eigenvalue weighted by molar-refractivity contribution is 7.89. The third kappa shape index (κ3) is 5.87. The van der Waals surface area contributed by atoms with Crippen molar-refractivity contribution in [1.82, 2.24) is 20.4 Å². The molecule has 8 nitrogen and oxygen atoms in total. The lowest BCUT2D eigenvalue weighted by molar-refractivity contribution is 0.598. The molecule has 0 aliphatic carbocycles. The first-order valence-corrected chi connectivity index (χ1v) is 9.55. The Kier molecular flexibility index (Phi) is 6.54. The number of primary sulfonamides is 1. The third-order valence-corrected chi connectivity index (χ3v) is 4.55. The molecule has 0 atom stereocenters. The first-order valence-electron chi connectivity index (χ1n) is 8.01. The van der Waals surface area contributed by atoms with Gasteiger partial charge in [-0.1, -0.05) is 12.1 Å². The molecule has 0 unspecified atom stereocenters. The van der Waals surface area contributed by atoms with Crippen LogP contribution >= 0.6 is 0 Å². The van der Waals surface area contributed by atoms with Crippen LogP contribution in [0, 0.1) is 0 Å². The van der Waals surface area contributed by atoms with Crippen molar-refractivity contribution in [3.63, 3.8) is 0 Å². The SMILES string of the molecule is CCNC(=NCc1ccnn1C)NCCc1ccc(S(N)(=O)=O)cc1. The first kappa shape index (κ1) is 18.9. The standard InChI is InChI=1S/C16H24N6O2S/c1-3-18-16(20-12-14-9-11-21-22(14)2)19-10-8-13-4-6-15(7-5-13)25(17,23)24/h4-7,9,11H,3,8,10,12H2,1-2H3,(H2,17,23,24)(H2,18,19,20). The van der Waals surface area contributed by atoms with Crippen LogP contribution in [0.15, 0.2) is 46.4 Å². The van der Waals surface area contributed by atoms with E-state index in [0.29, 0.717) is 13.1 Å². The summed E-state index contributed by atoms with van der Waals surface area (Å²) in [6.45, 7) is 3.98. The highest BCUT2D eigenvalue weighted by Gasteiger charge is 2.06.